The summed E-state index contributed by atoms with van der Waals surface area (Å²) < 4.78 is 0. The van der Waals surface area contributed by atoms with Crippen molar-refractivity contribution in [3.8, 4) is 0 Å². The second-order valence-electron chi connectivity index (χ2n) is 4.88. The van der Waals surface area contributed by atoms with E-state index in [9.17, 15) is 0 Å². The van der Waals surface area contributed by atoms with E-state index in [1.807, 2.05) is 11.8 Å². The second-order valence-corrected chi connectivity index (χ2v) is 6.15. The summed E-state index contributed by atoms with van der Waals surface area (Å²) in [4.78, 5) is 0. The zero-order valence-corrected chi connectivity index (χ0v) is 11.2. The molecule has 0 amide bonds. The number of thioether (sulfide) groups is 1. The van der Waals surface area contributed by atoms with E-state index in [4.69, 9.17) is 0 Å². The van der Waals surface area contributed by atoms with Crippen molar-refractivity contribution in [1.82, 2.24) is 5.32 Å². The molecule has 1 aliphatic carbocycles. The Balaban J connectivity index is 1.87. The molecular weight excluding hydrogens is 202 g/mol. The molecule has 1 saturated carbocycles. The Kier molecular flexibility index (Phi) is 7.54. The smallest absolute Gasteiger partial charge is 0.00280 e. The summed E-state index contributed by atoms with van der Waals surface area (Å²) in [6.07, 6.45) is 12.3. The Morgan fingerprint density at radius 1 is 1.20 bits per heavy atom. The van der Waals surface area contributed by atoms with Gasteiger partial charge in [0, 0.05) is 5.25 Å². The number of hydrogen-bond donors (Lipinski definition) is 1. The van der Waals surface area contributed by atoms with Gasteiger partial charge in [0.15, 0.2) is 0 Å². The first-order chi connectivity index (χ1) is 7.33. The Morgan fingerprint density at radius 2 is 1.93 bits per heavy atom. The number of rotatable bonds is 7. The van der Waals surface area contributed by atoms with Crippen LogP contribution in [-0.4, -0.2) is 24.6 Å². The molecule has 0 bridgehead atoms. The third-order valence-electron chi connectivity index (χ3n) is 3.58. The van der Waals surface area contributed by atoms with Crippen LogP contribution in [0.25, 0.3) is 0 Å². The maximum atomic E-state index is 3.58. The fourth-order valence-corrected chi connectivity index (χ4v) is 2.68. The summed E-state index contributed by atoms with van der Waals surface area (Å²) >= 11 is 1.97. The number of nitrogens with one attached hydrogen (secondary N) is 1. The normalized spacial score (nSPS) is 20.4. The minimum Gasteiger partial charge on any atom is -0.317 e. The van der Waals surface area contributed by atoms with Crippen molar-refractivity contribution in [3.05, 3.63) is 0 Å². The lowest BCUT2D eigenvalue weighted by molar-refractivity contribution is 0.334. The van der Waals surface area contributed by atoms with Crippen LogP contribution in [0.1, 0.15) is 51.9 Å². The van der Waals surface area contributed by atoms with Gasteiger partial charge in [-0.25, -0.2) is 0 Å². The van der Waals surface area contributed by atoms with Gasteiger partial charge in [0.05, 0.1) is 0 Å². The molecule has 2 heteroatoms. The van der Waals surface area contributed by atoms with Crippen molar-refractivity contribution in [2.75, 3.05) is 19.3 Å². The molecule has 0 saturated heterocycles. The Bertz CT molecular complexity index is 143. The third-order valence-corrected chi connectivity index (χ3v) is 4.62. The topological polar surface area (TPSA) is 12.0 Å². The molecule has 0 aliphatic heterocycles. The summed E-state index contributed by atoms with van der Waals surface area (Å²) in [6.45, 7) is 4.76. The first-order valence-corrected chi connectivity index (χ1v) is 7.85. The zero-order chi connectivity index (χ0) is 10.9. The molecule has 1 rings (SSSR count). The van der Waals surface area contributed by atoms with Gasteiger partial charge in [-0.15, -0.1) is 0 Å². The molecular formula is C13H27NS. The van der Waals surface area contributed by atoms with Gasteiger partial charge in [0.2, 0.25) is 0 Å². The van der Waals surface area contributed by atoms with E-state index in [1.54, 1.807) is 0 Å². The molecule has 1 fully saturated rings. The van der Waals surface area contributed by atoms with Crippen LogP contribution in [0.5, 0.6) is 0 Å². The monoisotopic (exact) mass is 229 g/mol. The molecule has 1 atom stereocenters. The minimum absolute atomic E-state index is 0.812. The number of hydrogen-bond acceptors (Lipinski definition) is 2. The highest BCUT2D eigenvalue weighted by Crippen LogP contribution is 2.25. The van der Waals surface area contributed by atoms with Crippen LogP contribution >= 0.6 is 11.8 Å². The van der Waals surface area contributed by atoms with Gasteiger partial charge in [-0.05, 0) is 38.1 Å². The fraction of sp³-hybridized carbons (Fsp3) is 1.00. The van der Waals surface area contributed by atoms with Gasteiger partial charge in [-0.1, -0.05) is 39.0 Å². The van der Waals surface area contributed by atoms with E-state index in [0.717, 1.165) is 11.2 Å². The fourth-order valence-electron chi connectivity index (χ4n) is 2.33. The lowest BCUT2D eigenvalue weighted by Crippen LogP contribution is -2.22. The maximum Gasteiger partial charge on any atom is 0.00280 e. The van der Waals surface area contributed by atoms with Gasteiger partial charge >= 0.3 is 0 Å². The largest absolute Gasteiger partial charge is 0.317 e. The second kappa shape index (κ2) is 8.46. The Labute approximate surface area is 99.8 Å². The lowest BCUT2D eigenvalue weighted by Gasteiger charge is -2.21. The average molecular weight is 229 g/mol. The van der Waals surface area contributed by atoms with Crippen LogP contribution in [0, 0.1) is 5.92 Å². The zero-order valence-electron chi connectivity index (χ0n) is 10.4. The highest BCUT2D eigenvalue weighted by atomic mass is 32.2. The predicted octanol–water partition coefficient (Wildman–Crippen LogP) is 3.69. The van der Waals surface area contributed by atoms with Gasteiger partial charge in [0.25, 0.3) is 0 Å². The van der Waals surface area contributed by atoms with Crippen molar-refractivity contribution < 1.29 is 0 Å². The molecule has 0 aromatic rings. The first kappa shape index (κ1) is 13.4. The van der Waals surface area contributed by atoms with Gasteiger partial charge in [-0.2, -0.15) is 11.8 Å². The van der Waals surface area contributed by atoms with Crippen LogP contribution in [0.15, 0.2) is 0 Å². The van der Waals surface area contributed by atoms with E-state index in [1.165, 1.54) is 58.0 Å². The summed E-state index contributed by atoms with van der Waals surface area (Å²) in [6, 6.07) is 0. The summed E-state index contributed by atoms with van der Waals surface area (Å²) in [5.74, 6) is 1.03. The van der Waals surface area contributed by atoms with Crippen molar-refractivity contribution in [2.45, 2.75) is 57.1 Å². The van der Waals surface area contributed by atoms with E-state index in [-0.39, 0.29) is 0 Å². The lowest BCUT2D eigenvalue weighted by atomic mass is 9.87. The molecule has 0 heterocycles. The molecule has 0 aromatic carbocycles. The Morgan fingerprint density at radius 3 is 2.60 bits per heavy atom. The van der Waals surface area contributed by atoms with Crippen LogP contribution in [0.2, 0.25) is 0 Å². The standard InChI is InChI=1S/C13H27NS/c1-12(15-2)8-10-14-11-9-13-6-4-3-5-7-13/h12-14H,3-11H2,1-2H3. The molecule has 0 aromatic heterocycles. The van der Waals surface area contributed by atoms with Crippen LogP contribution < -0.4 is 5.32 Å². The highest BCUT2D eigenvalue weighted by molar-refractivity contribution is 7.99. The molecule has 1 aliphatic rings. The maximum absolute atomic E-state index is 3.58. The van der Waals surface area contributed by atoms with E-state index >= 15 is 0 Å². The van der Waals surface area contributed by atoms with E-state index in [0.29, 0.717) is 0 Å². The highest BCUT2D eigenvalue weighted by Gasteiger charge is 2.12. The molecule has 0 radical (unpaired) electrons. The predicted molar refractivity (Wildman–Crippen MR) is 71.7 cm³/mol. The summed E-state index contributed by atoms with van der Waals surface area (Å²) in [5.41, 5.74) is 0. The van der Waals surface area contributed by atoms with Crippen molar-refractivity contribution in [3.63, 3.8) is 0 Å². The van der Waals surface area contributed by atoms with Gasteiger partial charge < -0.3 is 5.32 Å². The molecule has 0 spiro atoms. The summed E-state index contributed by atoms with van der Waals surface area (Å²) in [5, 5.41) is 4.40. The van der Waals surface area contributed by atoms with Crippen LogP contribution in [0.4, 0.5) is 0 Å². The van der Waals surface area contributed by atoms with Crippen molar-refractivity contribution >= 4 is 11.8 Å². The minimum atomic E-state index is 0.812. The van der Waals surface area contributed by atoms with Crippen LogP contribution in [0.3, 0.4) is 0 Å². The molecule has 1 unspecified atom stereocenters. The molecule has 1 nitrogen and oxygen atoms in total. The van der Waals surface area contributed by atoms with Gasteiger partial charge in [-0.3, -0.25) is 0 Å². The quantitative estimate of drug-likeness (QED) is 0.668. The average Bonchev–Trinajstić information content (AvgIpc) is 2.29. The van der Waals surface area contributed by atoms with Gasteiger partial charge in [0.1, 0.15) is 0 Å². The third kappa shape index (κ3) is 6.47. The van der Waals surface area contributed by atoms with E-state index in [2.05, 4.69) is 18.5 Å². The molecule has 90 valence electrons. The molecule has 1 N–H and O–H groups in total. The summed E-state index contributed by atoms with van der Waals surface area (Å²) in [7, 11) is 0. The molecule has 15 heavy (non-hydrogen) atoms. The van der Waals surface area contributed by atoms with Crippen molar-refractivity contribution in [1.29, 1.82) is 0 Å². The Hall–Kier alpha value is 0.310. The first-order valence-electron chi connectivity index (χ1n) is 6.56. The van der Waals surface area contributed by atoms with Crippen LogP contribution in [-0.2, 0) is 0 Å². The SMILES string of the molecule is CSC(C)CCNCCC1CCCCC1. The van der Waals surface area contributed by atoms with Crippen molar-refractivity contribution in [2.24, 2.45) is 5.92 Å². The van der Waals surface area contributed by atoms with E-state index < -0.39 is 0 Å².